The molecular weight excluding hydrogens is 274 g/mol. The number of hydrogen-bond donors (Lipinski definition) is 1. The highest BCUT2D eigenvalue weighted by atomic mass is 32.1. The molecule has 0 aliphatic carbocycles. The summed E-state index contributed by atoms with van der Waals surface area (Å²) in [6.45, 7) is 2.08. The van der Waals surface area contributed by atoms with Crippen molar-refractivity contribution in [2.75, 3.05) is 11.9 Å². The molecule has 20 heavy (non-hydrogen) atoms. The van der Waals surface area contributed by atoms with Gasteiger partial charge < -0.3 is 10.1 Å². The van der Waals surface area contributed by atoms with Crippen LogP contribution < -0.4 is 5.32 Å². The van der Waals surface area contributed by atoms with Gasteiger partial charge in [-0.2, -0.15) is 0 Å². The van der Waals surface area contributed by atoms with E-state index in [1.807, 2.05) is 17.5 Å². The second-order valence-electron chi connectivity index (χ2n) is 4.11. The van der Waals surface area contributed by atoms with E-state index in [0.29, 0.717) is 24.3 Å². The standard InChI is InChI=1S/C15H15NO3S/c1-2-19-15(18)11-5-3-6-12(9-11)16-14(17)10-13-7-4-8-20-13/h3-9H,2,10H2,1H3,(H,16,17). The Bertz CT molecular complexity index is 593. The minimum Gasteiger partial charge on any atom is -0.462 e. The van der Waals surface area contributed by atoms with Gasteiger partial charge in [0.25, 0.3) is 0 Å². The molecule has 5 heteroatoms. The first-order valence-corrected chi connectivity index (χ1v) is 7.16. The van der Waals surface area contributed by atoms with Gasteiger partial charge in [0.2, 0.25) is 5.91 Å². The maximum atomic E-state index is 11.9. The zero-order valence-electron chi connectivity index (χ0n) is 11.1. The third kappa shape index (κ3) is 3.93. The average molecular weight is 289 g/mol. The van der Waals surface area contributed by atoms with Gasteiger partial charge in [-0.05, 0) is 36.6 Å². The van der Waals surface area contributed by atoms with Crippen LogP contribution >= 0.6 is 11.3 Å². The van der Waals surface area contributed by atoms with E-state index in [4.69, 9.17) is 4.74 Å². The molecule has 104 valence electrons. The Morgan fingerprint density at radius 2 is 2.10 bits per heavy atom. The SMILES string of the molecule is CCOC(=O)c1cccc(NC(=O)Cc2cccs2)c1. The van der Waals surface area contributed by atoms with Crippen molar-refractivity contribution in [3.63, 3.8) is 0 Å². The Morgan fingerprint density at radius 3 is 2.80 bits per heavy atom. The molecule has 0 spiro atoms. The van der Waals surface area contributed by atoms with Crippen molar-refractivity contribution >= 4 is 28.9 Å². The molecule has 1 N–H and O–H groups in total. The molecule has 4 nitrogen and oxygen atoms in total. The number of carbonyl (C=O) groups excluding carboxylic acids is 2. The number of amides is 1. The van der Waals surface area contributed by atoms with Crippen molar-refractivity contribution < 1.29 is 14.3 Å². The third-order valence-electron chi connectivity index (χ3n) is 2.57. The molecule has 0 bridgehead atoms. The fourth-order valence-corrected chi connectivity index (χ4v) is 2.42. The maximum Gasteiger partial charge on any atom is 0.338 e. The van der Waals surface area contributed by atoms with Crippen LogP contribution in [0.4, 0.5) is 5.69 Å². The summed E-state index contributed by atoms with van der Waals surface area (Å²) in [5.74, 6) is -0.490. The minimum atomic E-state index is -0.387. The summed E-state index contributed by atoms with van der Waals surface area (Å²) in [4.78, 5) is 24.5. The van der Waals surface area contributed by atoms with Gasteiger partial charge in [-0.1, -0.05) is 12.1 Å². The van der Waals surface area contributed by atoms with Crippen LogP contribution in [0, 0.1) is 0 Å². The van der Waals surface area contributed by atoms with E-state index < -0.39 is 0 Å². The zero-order valence-corrected chi connectivity index (χ0v) is 11.9. The second kappa shape index (κ2) is 6.86. The largest absolute Gasteiger partial charge is 0.462 e. The highest BCUT2D eigenvalue weighted by Crippen LogP contribution is 2.14. The first kappa shape index (κ1) is 14.3. The quantitative estimate of drug-likeness (QED) is 0.860. The summed E-state index contributed by atoms with van der Waals surface area (Å²) in [5.41, 5.74) is 1.03. The van der Waals surface area contributed by atoms with Crippen LogP contribution in [0.2, 0.25) is 0 Å². The Balaban J connectivity index is 2.00. The fourth-order valence-electron chi connectivity index (χ4n) is 1.71. The first-order valence-electron chi connectivity index (χ1n) is 6.28. The predicted octanol–water partition coefficient (Wildman–Crippen LogP) is 3.11. The maximum absolute atomic E-state index is 11.9. The third-order valence-corrected chi connectivity index (χ3v) is 3.45. The molecule has 0 fully saturated rings. The summed E-state index contributed by atoms with van der Waals surface area (Å²) in [7, 11) is 0. The average Bonchev–Trinajstić information content (AvgIpc) is 2.92. The minimum absolute atomic E-state index is 0.103. The topological polar surface area (TPSA) is 55.4 Å². The van der Waals surface area contributed by atoms with E-state index in [1.54, 1.807) is 42.5 Å². The van der Waals surface area contributed by atoms with Crippen molar-refractivity contribution in [1.82, 2.24) is 0 Å². The number of esters is 1. The monoisotopic (exact) mass is 289 g/mol. The predicted molar refractivity (Wildman–Crippen MR) is 79.1 cm³/mol. The lowest BCUT2D eigenvalue weighted by molar-refractivity contribution is -0.115. The first-order chi connectivity index (χ1) is 9.69. The molecule has 2 aromatic rings. The van der Waals surface area contributed by atoms with Crippen LogP contribution in [0.3, 0.4) is 0 Å². The van der Waals surface area contributed by atoms with Gasteiger partial charge in [0.15, 0.2) is 0 Å². The molecule has 0 saturated carbocycles. The summed E-state index contributed by atoms with van der Waals surface area (Å²) in [5, 5.41) is 4.71. The van der Waals surface area contributed by atoms with E-state index >= 15 is 0 Å². The molecule has 0 aliphatic rings. The van der Waals surface area contributed by atoms with E-state index in [2.05, 4.69) is 5.32 Å². The van der Waals surface area contributed by atoms with Crippen LogP contribution in [0.5, 0.6) is 0 Å². The fraction of sp³-hybridized carbons (Fsp3) is 0.200. The molecular formula is C15H15NO3S. The normalized spacial score (nSPS) is 10.1. The van der Waals surface area contributed by atoms with Crippen LogP contribution in [0.1, 0.15) is 22.2 Å². The lowest BCUT2D eigenvalue weighted by Gasteiger charge is -2.06. The molecule has 2 rings (SSSR count). The molecule has 0 radical (unpaired) electrons. The second-order valence-corrected chi connectivity index (χ2v) is 5.14. The van der Waals surface area contributed by atoms with Crippen LogP contribution in [0.15, 0.2) is 41.8 Å². The van der Waals surface area contributed by atoms with Gasteiger partial charge >= 0.3 is 5.97 Å². The Labute approximate surface area is 121 Å². The van der Waals surface area contributed by atoms with Gasteiger partial charge in [-0.15, -0.1) is 11.3 Å². The lowest BCUT2D eigenvalue weighted by atomic mass is 10.2. The van der Waals surface area contributed by atoms with Crippen LogP contribution in [-0.4, -0.2) is 18.5 Å². The van der Waals surface area contributed by atoms with Gasteiger partial charge in [-0.25, -0.2) is 4.79 Å². The summed E-state index contributed by atoms with van der Waals surface area (Å²) >= 11 is 1.54. The highest BCUT2D eigenvalue weighted by molar-refractivity contribution is 7.10. The molecule has 0 atom stereocenters. The molecule has 1 amide bonds. The summed E-state index contributed by atoms with van der Waals surface area (Å²) in [6, 6.07) is 10.6. The number of hydrogen-bond acceptors (Lipinski definition) is 4. The number of anilines is 1. The van der Waals surface area contributed by atoms with Gasteiger partial charge in [0.05, 0.1) is 18.6 Å². The number of nitrogens with one attached hydrogen (secondary N) is 1. The Hall–Kier alpha value is -2.14. The molecule has 0 saturated heterocycles. The van der Waals surface area contributed by atoms with Crippen LogP contribution in [-0.2, 0) is 16.0 Å². The van der Waals surface area contributed by atoms with Crippen molar-refractivity contribution in [2.24, 2.45) is 0 Å². The van der Waals surface area contributed by atoms with E-state index in [1.165, 1.54) is 0 Å². The van der Waals surface area contributed by atoms with Crippen molar-refractivity contribution in [2.45, 2.75) is 13.3 Å². The van der Waals surface area contributed by atoms with E-state index in [9.17, 15) is 9.59 Å². The number of carbonyl (C=O) groups is 2. The Morgan fingerprint density at radius 1 is 1.25 bits per heavy atom. The van der Waals surface area contributed by atoms with E-state index in [0.717, 1.165) is 4.88 Å². The van der Waals surface area contributed by atoms with Crippen molar-refractivity contribution in [1.29, 1.82) is 0 Å². The molecule has 1 aromatic carbocycles. The molecule has 0 unspecified atom stereocenters. The van der Waals surface area contributed by atoms with Gasteiger partial charge in [-0.3, -0.25) is 4.79 Å². The molecule has 0 aliphatic heterocycles. The number of ether oxygens (including phenoxy) is 1. The summed E-state index contributed by atoms with van der Waals surface area (Å²) in [6.07, 6.45) is 0.335. The van der Waals surface area contributed by atoms with E-state index in [-0.39, 0.29) is 11.9 Å². The van der Waals surface area contributed by atoms with Crippen molar-refractivity contribution in [3.8, 4) is 0 Å². The zero-order chi connectivity index (χ0) is 14.4. The number of benzene rings is 1. The molecule has 1 heterocycles. The summed E-state index contributed by atoms with van der Waals surface area (Å²) < 4.78 is 4.92. The Kier molecular flexibility index (Phi) is 4.90. The highest BCUT2D eigenvalue weighted by Gasteiger charge is 2.09. The number of thiophene rings is 1. The van der Waals surface area contributed by atoms with Crippen LogP contribution in [0.25, 0.3) is 0 Å². The molecule has 1 aromatic heterocycles. The lowest BCUT2D eigenvalue weighted by Crippen LogP contribution is -2.14. The van der Waals surface area contributed by atoms with Gasteiger partial charge in [0, 0.05) is 10.6 Å². The number of rotatable bonds is 5. The van der Waals surface area contributed by atoms with Crippen molar-refractivity contribution in [3.05, 3.63) is 52.2 Å². The smallest absolute Gasteiger partial charge is 0.338 e. The van der Waals surface area contributed by atoms with Gasteiger partial charge in [0.1, 0.15) is 0 Å².